The molecule has 1 aromatic heterocycles. The largest absolute Gasteiger partial charge is 0.464 e. The van der Waals surface area contributed by atoms with Gasteiger partial charge in [-0.15, -0.1) is 0 Å². The second-order valence-electron chi connectivity index (χ2n) is 10.1. The number of nitrogens with zero attached hydrogens (tertiary/aromatic N) is 3. The average molecular weight is 488 g/mol. The van der Waals surface area contributed by atoms with Crippen LogP contribution in [-0.4, -0.2) is 69.8 Å². The van der Waals surface area contributed by atoms with Gasteiger partial charge in [-0.3, -0.25) is 19.4 Å². The van der Waals surface area contributed by atoms with E-state index in [-0.39, 0.29) is 47.8 Å². The number of hydrogen-bond acceptors (Lipinski definition) is 7. The third-order valence-electron chi connectivity index (χ3n) is 6.96. The number of fused-ring (bicyclic) bond motifs is 1. The van der Waals surface area contributed by atoms with Gasteiger partial charge >= 0.3 is 5.97 Å². The highest BCUT2D eigenvalue weighted by Gasteiger charge is 2.51. The molecule has 1 aliphatic carbocycles. The number of carbonyl (C=O) groups excluding carboxylic acids is 4. The Bertz CT molecular complexity index is 922. The third-order valence-corrected chi connectivity index (χ3v) is 6.96. The van der Waals surface area contributed by atoms with Crippen LogP contribution in [0, 0.1) is 23.7 Å². The Hall–Kier alpha value is -3.04. The Morgan fingerprint density at radius 2 is 1.77 bits per heavy atom. The molecule has 2 aliphatic rings. The molecule has 0 radical (unpaired) electrons. The second kappa shape index (κ2) is 11.6. The molecule has 3 amide bonds. The number of nitrogens with one attached hydrogen (secondary N) is 2. The van der Waals surface area contributed by atoms with Crippen LogP contribution in [0.4, 0.5) is 0 Å². The van der Waals surface area contributed by atoms with Crippen LogP contribution < -0.4 is 10.6 Å². The highest BCUT2D eigenvalue weighted by molar-refractivity contribution is 5.97. The van der Waals surface area contributed by atoms with Crippen molar-refractivity contribution in [3.63, 3.8) is 0 Å². The van der Waals surface area contributed by atoms with E-state index in [1.165, 1.54) is 18.6 Å². The summed E-state index contributed by atoms with van der Waals surface area (Å²) in [4.78, 5) is 61.9. The van der Waals surface area contributed by atoms with E-state index in [2.05, 4.69) is 20.6 Å². The van der Waals surface area contributed by atoms with Gasteiger partial charge in [-0.1, -0.05) is 34.1 Å². The molecule has 3 rings (SSSR count). The summed E-state index contributed by atoms with van der Waals surface area (Å²) in [5.41, 5.74) is 0.100. The lowest BCUT2D eigenvalue weighted by atomic mass is 9.94. The number of amides is 3. The van der Waals surface area contributed by atoms with Gasteiger partial charge in [0.15, 0.2) is 0 Å². The van der Waals surface area contributed by atoms with Crippen molar-refractivity contribution in [3.8, 4) is 0 Å². The first kappa shape index (κ1) is 26.6. The van der Waals surface area contributed by atoms with Crippen LogP contribution in [0.3, 0.4) is 0 Å². The van der Waals surface area contributed by atoms with Crippen molar-refractivity contribution in [2.75, 3.05) is 13.2 Å². The van der Waals surface area contributed by atoms with Gasteiger partial charge in [0.2, 0.25) is 11.8 Å². The first-order valence-electron chi connectivity index (χ1n) is 12.5. The molecule has 0 spiro atoms. The van der Waals surface area contributed by atoms with Gasteiger partial charge in [0.05, 0.1) is 12.8 Å². The topological polar surface area (TPSA) is 131 Å². The summed E-state index contributed by atoms with van der Waals surface area (Å²) in [6.45, 7) is 9.81. The summed E-state index contributed by atoms with van der Waals surface area (Å²) in [6.07, 6.45) is 7.09. The molecule has 2 heterocycles. The fourth-order valence-electron chi connectivity index (χ4n) is 5.16. The molecular formula is C25H37N5O5. The molecule has 35 heavy (non-hydrogen) atoms. The standard InChI is InChI=1S/C25H37N5O5/c1-6-35-25(34)21-17-9-7-8-16(17)13-30(21)24(33)20(15(4)5)29-23(32)19(14(2)3)28-22(31)18-12-26-10-11-27-18/h10-12,14-17,19-21H,6-9,13H2,1-5H3,(H,28,31)(H,29,32)/t16-,17-,19-,20-,21?/m0/s1. The fourth-order valence-corrected chi connectivity index (χ4v) is 5.16. The monoisotopic (exact) mass is 487 g/mol. The molecule has 192 valence electrons. The summed E-state index contributed by atoms with van der Waals surface area (Å²) < 4.78 is 5.31. The smallest absolute Gasteiger partial charge is 0.329 e. The molecular weight excluding hydrogens is 450 g/mol. The average Bonchev–Trinajstić information content (AvgIpc) is 3.42. The van der Waals surface area contributed by atoms with Crippen LogP contribution in [0.15, 0.2) is 18.6 Å². The molecule has 10 heteroatoms. The lowest BCUT2D eigenvalue weighted by Gasteiger charge is -2.32. The molecule has 2 fully saturated rings. The number of hydrogen-bond donors (Lipinski definition) is 2. The van der Waals surface area contributed by atoms with E-state index in [0.717, 1.165) is 19.3 Å². The zero-order valence-electron chi connectivity index (χ0n) is 21.2. The SMILES string of the molecule is CCOC(=O)C1[C@H]2CCC[C@H]2CN1C(=O)[C@@H](NC(=O)[C@@H](NC(=O)c1cnccn1)C(C)C)C(C)C. The number of carbonyl (C=O) groups is 4. The number of aromatic nitrogens is 2. The number of esters is 1. The number of likely N-dealkylation sites (tertiary alicyclic amines) is 1. The summed E-state index contributed by atoms with van der Waals surface area (Å²) >= 11 is 0. The van der Waals surface area contributed by atoms with Gasteiger partial charge in [0.1, 0.15) is 23.8 Å². The molecule has 0 bridgehead atoms. The predicted octanol–water partition coefficient (Wildman–Crippen LogP) is 1.56. The van der Waals surface area contributed by atoms with Crippen LogP contribution in [0.5, 0.6) is 0 Å². The quantitative estimate of drug-likeness (QED) is 0.506. The highest BCUT2D eigenvalue weighted by atomic mass is 16.5. The molecule has 1 unspecified atom stereocenters. The Balaban J connectivity index is 1.76. The van der Waals surface area contributed by atoms with Crippen molar-refractivity contribution in [2.45, 2.75) is 72.0 Å². The lowest BCUT2D eigenvalue weighted by molar-refractivity contribution is -0.155. The molecule has 5 atom stereocenters. The van der Waals surface area contributed by atoms with Crippen LogP contribution in [-0.2, 0) is 19.1 Å². The fraction of sp³-hybridized carbons (Fsp3) is 0.680. The molecule has 1 saturated heterocycles. The molecule has 10 nitrogen and oxygen atoms in total. The molecule has 2 N–H and O–H groups in total. The third kappa shape index (κ3) is 5.97. The van der Waals surface area contributed by atoms with E-state index in [4.69, 9.17) is 4.74 Å². The Morgan fingerprint density at radius 1 is 1.06 bits per heavy atom. The molecule has 0 aromatic carbocycles. The molecule has 1 aliphatic heterocycles. The van der Waals surface area contributed by atoms with Crippen molar-refractivity contribution in [2.24, 2.45) is 23.7 Å². The second-order valence-corrected chi connectivity index (χ2v) is 10.1. The normalized spacial score (nSPS) is 23.1. The van der Waals surface area contributed by atoms with Crippen LogP contribution in [0.25, 0.3) is 0 Å². The van der Waals surface area contributed by atoms with Gasteiger partial charge in [-0.25, -0.2) is 9.78 Å². The first-order chi connectivity index (χ1) is 16.6. The molecule has 1 aromatic rings. The highest BCUT2D eigenvalue weighted by Crippen LogP contribution is 2.43. The maximum atomic E-state index is 13.7. The maximum Gasteiger partial charge on any atom is 0.329 e. The van der Waals surface area contributed by atoms with Crippen molar-refractivity contribution in [1.29, 1.82) is 0 Å². The van der Waals surface area contributed by atoms with Crippen molar-refractivity contribution >= 4 is 23.7 Å². The first-order valence-corrected chi connectivity index (χ1v) is 12.5. The Morgan fingerprint density at radius 3 is 2.37 bits per heavy atom. The van der Waals surface area contributed by atoms with E-state index >= 15 is 0 Å². The van der Waals surface area contributed by atoms with Crippen LogP contribution >= 0.6 is 0 Å². The number of ether oxygens (including phenoxy) is 1. The van der Waals surface area contributed by atoms with E-state index in [1.54, 1.807) is 11.8 Å². The zero-order valence-corrected chi connectivity index (χ0v) is 21.2. The van der Waals surface area contributed by atoms with Gasteiger partial charge < -0.3 is 20.3 Å². The summed E-state index contributed by atoms with van der Waals surface area (Å²) in [6, 6.07) is -2.34. The number of rotatable bonds is 9. The summed E-state index contributed by atoms with van der Waals surface area (Å²) in [5, 5.41) is 5.56. The van der Waals surface area contributed by atoms with Crippen LogP contribution in [0.1, 0.15) is 64.4 Å². The minimum absolute atomic E-state index is 0.0937. The van der Waals surface area contributed by atoms with Crippen molar-refractivity contribution in [3.05, 3.63) is 24.3 Å². The Kier molecular flexibility index (Phi) is 8.80. The van der Waals surface area contributed by atoms with Gasteiger partial charge in [-0.05, 0) is 43.4 Å². The van der Waals surface area contributed by atoms with E-state index < -0.39 is 29.9 Å². The zero-order chi connectivity index (χ0) is 25.7. The minimum atomic E-state index is -0.877. The summed E-state index contributed by atoms with van der Waals surface area (Å²) in [7, 11) is 0. The van der Waals surface area contributed by atoms with E-state index in [0.29, 0.717) is 6.54 Å². The van der Waals surface area contributed by atoms with E-state index in [9.17, 15) is 19.2 Å². The summed E-state index contributed by atoms with van der Waals surface area (Å²) in [5.74, 6) is -1.74. The minimum Gasteiger partial charge on any atom is -0.464 e. The van der Waals surface area contributed by atoms with E-state index in [1.807, 2.05) is 27.7 Å². The Labute approximate surface area is 206 Å². The van der Waals surface area contributed by atoms with Crippen molar-refractivity contribution < 1.29 is 23.9 Å². The maximum absolute atomic E-state index is 13.7. The van der Waals surface area contributed by atoms with Gasteiger partial charge in [0.25, 0.3) is 5.91 Å². The lowest BCUT2D eigenvalue weighted by Crippen LogP contribution is -2.59. The van der Waals surface area contributed by atoms with Crippen molar-refractivity contribution in [1.82, 2.24) is 25.5 Å². The van der Waals surface area contributed by atoms with Gasteiger partial charge in [-0.2, -0.15) is 0 Å². The molecule has 1 saturated carbocycles. The predicted molar refractivity (Wildman–Crippen MR) is 128 cm³/mol. The van der Waals surface area contributed by atoms with Crippen LogP contribution in [0.2, 0.25) is 0 Å². The van der Waals surface area contributed by atoms with Gasteiger partial charge in [0, 0.05) is 18.9 Å².